The molecule has 0 saturated carbocycles. The molecule has 0 aliphatic rings. The van der Waals surface area contributed by atoms with E-state index in [0.717, 1.165) is 26.7 Å². The van der Waals surface area contributed by atoms with E-state index in [0.29, 0.717) is 10.7 Å². The van der Waals surface area contributed by atoms with E-state index in [1.54, 1.807) is 25.1 Å². The van der Waals surface area contributed by atoms with E-state index in [9.17, 15) is 22.8 Å². The molecule has 3 rings (SSSR count). The number of hydrogen-bond donors (Lipinski definition) is 0. The zero-order valence-corrected chi connectivity index (χ0v) is 13.1. The van der Waals surface area contributed by atoms with Crippen molar-refractivity contribution in [2.24, 2.45) is 0 Å². The minimum Gasteiger partial charge on any atom is -0.269 e. The molecule has 0 aliphatic heterocycles. The van der Waals surface area contributed by atoms with Gasteiger partial charge in [0.2, 0.25) is 18.7 Å². The van der Waals surface area contributed by atoms with E-state index < -0.39 is 24.0 Å². The average molecular weight is 358 g/mol. The summed E-state index contributed by atoms with van der Waals surface area (Å²) in [7, 11) is 0. The number of aryl methyl sites for hydroxylation is 1. The SMILES string of the molecule is Cc1cc(-n2c(=O)cc(F)n3ccc(=O)nc23)ccc1Cl.FCF. The second kappa shape index (κ2) is 7.31. The molecule has 0 amide bonds. The van der Waals surface area contributed by atoms with Gasteiger partial charge in [-0.15, -0.1) is 0 Å². The molecular formula is C15H11ClF3N3O2. The molecule has 0 saturated heterocycles. The molecule has 0 bridgehead atoms. The number of aromatic nitrogens is 3. The summed E-state index contributed by atoms with van der Waals surface area (Å²) in [6, 6.07) is 6.86. The van der Waals surface area contributed by atoms with Crippen LogP contribution in [0.2, 0.25) is 5.02 Å². The summed E-state index contributed by atoms with van der Waals surface area (Å²) in [6.07, 6.45) is 1.23. The van der Waals surface area contributed by atoms with E-state index >= 15 is 0 Å². The van der Waals surface area contributed by atoms with Gasteiger partial charge in [0, 0.05) is 17.3 Å². The van der Waals surface area contributed by atoms with Gasteiger partial charge < -0.3 is 0 Å². The maximum atomic E-state index is 13.8. The first-order chi connectivity index (χ1) is 11.4. The van der Waals surface area contributed by atoms with Gasteiger partial charge in [-0.25, -0.2) is 13.3 Å². The second-order valence-electron chi connectivity index (χ2n) is 4.61. The van der Waals surface area contributed by atoms with Crippen molar-refractivity contribution in [2.45, 2.75) is 6.92 Å². The van der Waals surface area contributed by atoms with Crippen LogP contribution in [0.5, 0.6) is 0 Å². The maximum Gasteiger partial charge on any atom is 0.274 e. The molecule has 24 heavy (non-hydrogen) atoms. The molecule has 0 fully saturated rings. The fraction of sp³-hybridized carbons (Fsp3) is 0.133. The molecule has 0 atom stereocenters. The van der Waals surface area contributed by atoms with Gasteiger partial charge in [0.15, 0.2) is 0 Å². The van der Waals surface area contributed by atoms with Crippen LogP contribution in [0.1, 0.15) is 5.56 Å². The summed E-state index contributed by atoms with van der Waals surface area (Å²) in [5.41, 5.74) is 0.0334. The Morgan fingerprint density at radius 1 is 1.17 bits per heavy atom. The van der Waals surface area contributed by atoms with Crippen LogP contribution in [0.3, 0.4) is 0 Å². The fourth-order valence-corrected chi connectivity index (χ4v) is 2.18. The number of halogens is 4. The zero-order chi connectivity index (χ0) is 17.9. The summed E-state index contributed by atoms with van der Waals surface area (Å²) < 4.78 is 35.2. The van der Waals surface area contributed by atoms with Crippen LogP contribution in [0.4, 0.5) is 13.2 Å². The predicted octanol–water partition coefficient (Wildman–Crippen LogP) is 2.83. The van der Waals surface area contributed by atoms with Crippen LogP contribution in [0.25, 0.3) is 11.5 Å². The Kier molecular flexibility index (Phi) is 5.40. The molecule has 2 aromatic heterocycles. The number of hydrogen-bond acceptors (Lipinski definition) is 3. The van der Waals surface area contributed by atoms with Gasteiger partial charge in [-0.05, 0) is 30.7 Å². The molecule has 9 heteroatoms. The molecule has 0 aliphatic carbocycles. The van der Waals surface area contributed by atoms with Gasteiger partial charge in [-0.3, -0.25) is 14.0 Å². The van der Waals surface area contributed by atoms with Crippen LogP contribution in [0, 0.1) is 12.9 Å². The summed E-state index contributed by atoms with van der Waals surface area (Å²) >= 11 is 5.96. The highest BCUT2D eigenvalue weighted by Crippen LogP contribution is 2.19. The molecule has 1 aromatic carbocycles. The first-order valence-corrected chi connectivity index (χ1v) is 6.96. The van der Waals surface area contributed by atoms with Crippen LogP contribution in [-0.2, 0) is 0 Å². The van der Waals surface area contributed by atoms with Crippen molar-refractivity contribution in [1.29, 1.82) is 0 Å². The van der Waals surface area contributed by atoms with E-state index in [1.165, 1.54) is 6.20 Å². The molecular weight excluding hydrogens is 347 g/mol. The number of benzene rings is 1. The lowest BCUT2D eigenvalue weighted by molar-refractivity contribution is 0.295. The van der Waals surface area contributed by atoms with Gasteiger partial charge in [0.1, 0.15) is 0 Å². The second-order valence-corrected chi connectivity index (χ2v) is 5.02. The van der Waals surface area contributed by atoms with E-state index in [-0.39, 0.29) is 5.78 Å². The van der Waals surface area contributed by atoms with Crippen molar-refractivity contribution in [3.05, 3.63) is 73.8 Å². The Morgan fingerprint density at radius 2 is 1.83 bits per heavy atom. The quantitative estimate of drug-likeness (QED) is 0.629. The fourth-order valence-electron chi connectivity index (χ4n) is 2.06. The van der Waals surface area contributed by atoms with Crippen molar-refractivity contribution in [3.8, 4) is 5.69 Å². The summed E-state index contributed by atoms with van der Waals surface area (Å²) in [5.74, 6) is -0.876. The highest BCUT2D eigenvalue weighted by molar-refractivity contribution is 6.31. The van der Waals surface area contributed by atoms with Crippen LogP contribution in [0.15, 0.2) is 46.1 Å². The smallest absolute Gasteiger partial charge is 0.269 e. The van der Waals surface area contributed by atoms with E-state index in [4.69, 9.17) is 11.6 Å². The minimum atomic E-state index is -1.75. The highest BCUT2D eigenvalue weighted by Gasteiger charge is 2.11. The largest absolute Gasteiger partial charge is 0.274 e. The van der Waals surface area contributed by atoms with Crippen molar-refractivity contribution >= 4 is 17.4 Å². The molecule has 5 nitrogen and oxygen atoms in total. The lowest BCUT2D eigenvalue weighted by Crippen LogP contribution is -2.25. The molecule has 0 unspecified atom stereocenters. The lowest BCUT2D eigenvalue weighted by atomic mass is 10.2. The Morgan fingerprint density at radius 3 is 2.46 bits per heavy atom. The van der Waals surface area contributed by atoms with Crippen LogP contribution >= 0.6 is 11.6 Å². The maximum absolute atomic E-state index is 13.8. The molecule has 126 valence electrons. The van der Waals surface area contributed by atoms with E-state index in [2.05, 4.69) is 4.98 Å². The monoisotopic (exact) mass is 357 g/mol. The van der Waals surface area contributed by atoms with Crippen molar-refractivity contribution in [3.63, 3.8) is 0 Å². The Bertz CT molecular complexity index is 1000. The molecule has 2 heterocycles. The van der Waals surface area contributed by atoms with Crippen LogP contribution in [-0.4, -0.2) is 20.9 Å². The topological polar surface area (TPSA) is 56.4 Å². The number of fused-ring (bicyclic) bond motifs is 1. The number of rotatable bonds is 1. The first kappa shape index (κ1) is 17.7. The van der Waals surface area contributed by atoms with Gasteiger partial charge in [-0.1, -0.05) is 11.6 Å². The molecule has 0 spiro atoms. The van der Waals surface area contributed by atoms with Gasteiger partial charge in [0.25, 0.3) is 11.1 Å². The lowest BCUT2D eigenvalue weighted by Gasteiger charge is -2.11. The van der Waals surface area contributed by atoms with Crippen molar-refractivity contribution < 1.29 is 13.2 Å². The predicted molar refractivity (Wildman–Crippen MR) is 83.8 cm³/mol. The summed E-state index contributed by atoms with van der Waals surface area (Å²) in [6.45, 7) is 0.0299. The van der Waals surface area contributed by atoms with Gasteiger partial charge in [0.05, 0.1) is 11.8 Å². The summed E-state index contributed by atoms with van der Waals surface area (Å²) in [5, 5.41) is 0.545. The highest BCUT2D eigenvalue weighted by atomic mass is 35.5. The third-order valence-corrected chi connectivity index (χ3v) is 3.51. The Hall–Kier alpha value is -2.61. The van der Waals surface area contributed by atoms with Crippen LogP contribution < -0.4 is 11.1 Å². The van der Waals surface area contributed by atoms with Gasteiger partial charge >= 0.3 is 0 Å². The standard InChI is InChI=1S/C14H9ClFN3O2.CH2F2/c1-8-6-9(2-3-10(8)15)19-13(21)7-11(16)18-5-4-12(20)17-14(18)19;2-1-3/h2-7H,1H3;1H2. The molecule has 0 radical (unpaired) electrons. The Labute approximate surface area is 138 Å². The zero-order valence-electron chi connectivity index (χ0n) is 12.3. The number of nitrogens with zero attached hydrogens (tertiary/aromatic N) is 3. The Balaban J connectivity index is 0.000000647. The molecule has 0 N–H and O–H groups in total. The minimum absolute atomic E-state index is 0.0887. The van der Waals surface area contributed by atoms with E-state index in [1.807, 2.05) is 0 Å². The normalized spacial score (nSPS) is 10.4. The molecule has 3 aromatic rings. The van der Waals surface area contributed by atoms with Crippen molar-refractivity contribution in [2.75, 3.05) is 6.93 Å². The summed E-state index contributed by atoms with van der Waals surface area (Å²) in [4.78, 5) is 27.2. The van der Waals surface area contributed by atoms with Gasteiger partial charge in [-0.2, -0.15) is 9.37 Å². The average Bonchev–Trinajstić information content (AvgIpc) is 2.51. The third kappa shape index (κ3) is 3.48. The number of alkyl halides is 2. The first-order valence-electron chi connectivity index (χ1n) is 6.58. The van der Waals surface area contributed by atoms with Crippen molar-refractivity contribution in [1.82, 2.24) is 14.0 Å². The third-order valence-electron chi connectivity index (χ3n) is 3.08.